The Morgan fingerprint density at radius 3 is 0.350 bits per heavy atom. The van der Waals surface area contributed by atoms with Crippen LogP contribution >= 0.6 is 0 Å². The molecule has 0 aromatic rings. The maximum absolute atomic E-state index is 13.3. The molecule has 0 spiro atoms. The minimum Gasteiger partial charge on any atom is -0.466 e. The summed E-state index contributed by atoms with van der Waals surface area (Å²) in [6.45, 7) is 24.5. The first-order valence-corrected chi connectivity index (χ1v) is 61.8. The highest BCUT2D eigenvalue weighted by atomic mass is 16.6. The van der Waals surface area contributed by atoms with Crippen LogP contribution in [-0.2, 0) is 57.2 Å². The van der Waals surface area contributed by atoms with Gasteiger partial charge in [-0.25, -0.2) is 0 Å². The van der Waals surface area contributed by atoms with Crippen molar-refractivity contribution in [3.63, 3.8) is 0 Å². The van der Waals surface area contributed by atoms with Gasteiger partial charge in [0.2, 0.25) is 0 Å². The topological polar surface area (TPSA) is 198 Å². The summed E-state index contributed by atoms with van der Waals surface area (Å²) in [5.74, 6) is -0.979. The van der Waals surface area contributed by atoms with Gasteiger partial charge in [-0.1, -0.05) is 504 Å². The fraction of sp³-hybridized carbons (Fsp3) is 0.951. The summed E-state index contributed by atoms with van der Waals surface area (Å²) in [6, 6.07) is 0. The van der Waals surface area contributed by atoms with E-state index in [1.54, 1.807) is 0 Å². The van der Waals surface area contributed by atoms with Crippen LogP contribution in [0.3, 0.4) is 0 Å². The van der Waals surface area contributed by atoms with E-state index in [2.05, 4.69) is 69.7 Å². The average molecular weight is 1990 g/mol. The Balaban J connectivity index is 0. The van der Waals surface area contributed by atoms with Crippen LogP contribution < -0.4 is 0 Å². The number of hydrogen-bond acceptors (Lipinski definition) is 14. The second-order valence-electron chi connectivity index (χ2n) is 44.6. The number of carbonyl (C=O) groups is 6. The first kappa shape index (κ1) is 139. The van der Waals surface area contributed by atoms with E-state index < -0.39 is 0 Å². The van der Waals surface area contributed by atoms with Gasteiger partial charge in [-0.05, 0) is 38.5 Å². The second-order valence-corrected chi connectivity index (χ2v) is 44.6. The molecule has 18 nitrogen and oxygen atoms in total. The van der Waals surface area contributed by atoms with Gasteiger partial charge in [-0.3, -0.25) is 28.8 Å². The molecule has 0 radical (unpaired) electrons. The van der Waals surface area contributed by atoms with Crippen LogP contribution in [0, 0.1) is 0 Å². The molecule has 0 unspecified atom stereocenters. The van der Waals surface area contributed by atoms with Crippen LogP contribution in [0.1, 0.15) is 594 Å². The molecule has 0 aliphatic carbocycles. The number of quaternary nitrogens is 4. The van der Waals surface area contributed by atoms with Crippen molar-refractivity contribution >= 4 is 35.8 Å². The average Bonchev–Trinajstić information content (AvgIpc) is 0.863. The molecule has 0 aliphatic heterocycles. The zero-order valence-electron chi connectivity index (χ0n) is 95.5. The fourth-order valence-electron chi connectivity index (χ4n) is 19.9. The third kappa shape index (κ3) is 103. The molecule has 0 aromatic heterocycles. The molecule has 832 valence electrons. The first-order chi connectivity index (χ1) is 68.3. The molecule has 0 heterocycles. The molecule has 0 atom stereocenters. The molecule has 0 fully saturated rings. The SMILES string of the molecule is CCCCCCCCCCCCCCCOC(=O)CC[N+](C)(CCC[N+](C)(CCC(=O)OCCCCCCCCCCCCCCC)CCC(=O)OCCCCCCCCCCCCCCC)CCC(=O)OCCCCCCCCCCCCCCC.CCCCCCCCCCCCCCCOC(=O)CC[N+](C)(CCC[N+](C)(CCO)CCO)CCC(=O)OCCCCCCCCCCCCCCC. The Kier molecular flexibility index (Phi) is 107. The van der Waals surface area contributed by atoms with Crippen molar-refractivity contribution in [2.24, 2.45) is 0 Å². The number of unbranched alkanes of at least 4 members (excludes halogenated alkanes) is 72. The minimum atomic E-state index is -0.168. The molecule has 18 heteroatoms. The van der Waals surface area contributed by atoms with Crippen LogP contribution in [0.4, 0.5) is 0 Å². The number of likely N-dealkylation sites (N-methyl/N-ethyl adjacent to an activating group) is 1. The first-order valence-electron chi connectivity index (χ1n) is 61.8. The lowest BCUT2D eigenvalue weighted by Crippen LogP contribution is -2.52. The van der Waals surface area contributed by atoms with Crippen LogP contribution in [0.15, 0.2) is 0 Å². The lowest BCUT2D eigenvalue weighted by molar-refractivity contribution is -0.927. The van der Waals surface area contributed by atoms with E-state index in [4.69, 9.17) is 28.4 Å². The number of carbonyl (C=O) groups excluding carboxylic acids is 6. The predicted molar refractivity (Wildman–Crippen MR) is 594 cm³/mol. The van der Waals surface area contributed by atoms with Crippen LogP contribution in [-0.4, -0.2) is 224 Å². The Morgan fingerprint density at radius 2 is 0.243 bits per heavy atom. The van der Waals surface area contributed by atoms with E-state index in [9.17, 15) is 39.0 Å². The number of hydrogen-bond donors (Lipinski definition) is 2. The molecule has 0 saturated carbocycles. The third-order valence-electron chi connectivity index (χ3n) is 30.3. The third-order valence-corrected chi connectivity index (χ3v) is 30.3. The van der Waals surface area contributed by atoms with Crippen molar-refractivity contribution in [2.45, 2.75) is 594 Å². The van der Waals surface area contributed by atoms with Gasteiger partial charge in [0.05, 0.1) is 185 Å². The normalized spacial score (nSPS) is 11.9. The van der Waals surface area contributed by atoms with E-state index in [-0.39, 0.29) is 49.0 Å². The van der Waals surface area contributed by atoms with Crippen molar-refractivity contribution in [1.29, 1.82) is 0 Å². The van der Waals surface area contributed by atoms with Crippen molar-refractivity contribution in [1.82, 2.24) is 0 Å². The van der Waals surface area contributed by atoms with Gasteiger partial charge in [0, 0.05) is 12.8 Å². The van der Waals surface area contributed by atoms with E-state index in [1.807, 2.05) is 0 Å². The Morgan fingerprint density at radius 1 is 0.143 bits per heavy atom. The summed E-state index contributed by atoms with van der Waals surface area (Å²) in [4.78, 5) is 78.5. The lowest BCUT2D eigenvalue weighted by Gasteiger charge is -2.38. The number of ether oxygens (including phenoxy) is 6. The van der Waals surface area contributed by atoms with Gasteiger partial charge in [-0.15, -0.1) is 0 Å². The predicted octanol–water partition coefficient (Wildman–Crippen LogP) is 32.7. The number of rotatable bonds is 114. The molecule has 0 aliphatic rings. The van der Waals surface area contributed by atoms with Gasteiger partial charge in [0.25, 0.3) is 0 Å². The van der Waals surface area contributed by atoms with Crippen LogP contribution in [0.5, 0.6) is 0 Å². The van der Waals surface area contributed by atoms with Crippen LogP contribution in [0.25, 0.3) is 0 Å². The molecule has 0 aromatic carbocycles. The Hall–Kier alpha value is -3.42. The van der Waals surface area contributed by atoms with Gasteiger partial charge >= 0.3 is 35.8 Å². The molecule has 140 heavy (non-hydrogen) atoms. The van der Waals surface area contributed by atoms with Gasteiger partial charge < -0.3 is 56.6 Å². The van der Waals surface area contributed by atoms with Gasteiger partial charge in [0.1, 0.15) is 13.1 Å². The van der Waals surface area contributed by atoms with Crippen molar-refractivity contribution < 1.29 is 85.3 Å². The van der Waals surface area contributed by atoms with Crippen molar-refractivity contribution in [2.75, 3.05) is 160 Å². The number of aliphatic hydroxyl groups is 2. The maximum Gasteiger partial charge on any atom is 0.311 e. The minimum absolute atomic E-state index is 0.0822. The van der Waals surface area contributed by atoms with Gasteiger partial charge in [0.15, 0.2) is 0 Å². The zero-order valence-corrected chi connectivity index (χ0v) is 95.5. The second kappa shape index (κ2) is 108. The highest BCUT2D eigenvalue weighted by molar-refractivity contribution is 5.71. The number of esters is 6. The lowest BCUT2D eigenvalue weighted by atomic mass is 10.0. The summed E-state index contributed by atoms with van der Waals surface area (Å²) in [5.41, 5.74) is 0. The van der Waals surface area contributed by atoms with E-state index in [0.29, 0.717) is 148 Å². The molecule has 0 bridgehead atoms. The van der Waals surface area contributed by atoms with E-state index in [0.717, 1.165) is 116 Å². The largest absolute Gasteiger partial charge is 0.466 e. The highest BCUT2D eigenvalue weighted by Crippen LogP contribution is 2.24. The van der Waals surface area contributed by atoms with Gasteiger partial charge in [-0.2, -0.15) is 0 Å². The quantitative estimate of drug-likeness (QED) is 0.0252. The highest BCUT2D eigenvalue weighted by Gasteiger charge is 2.32. The number of nitrogens with zero attached hydrogens (tertiary/aromatic N) is 4. The van der Waals surface area contributed by atoms with Crippen molar-refractivity contribution in [3.05, 3.63) is 0 Å². The summed E-state index contributed by atoms with van der Waals surface area (Å²) < 4.78 is 36.7. The monoisotopic (exact) mass is 1990 g/mol. The molecule has 2 N–H and O–H groups in total. The maximum atomic E-state index is 13.3. The smallest absolute Gasteiger partial charge is 0.311 e. The van der Waals surface area contributed by atoms with Crippen LogP contribution in [0.2, 0.25) is 0 Å². The molecule has 0 saturated heterocycles. The molecular formula is C122H244N4O14+4. The summed E-state index contributed by atoms with van der Waals surface area (Å²) >= 11 is 0. The standard InChI is InChI=1S/C77H152N2O8.C45H92N2O6/c1-7-11-15-19-23-27-31-35-39-43-47-51-55-70-84-74(80)60-66-78(5,67-61-75(81)85-71-56-52-48-44-40-36-32-28-24-20-16-12-8-2)64-59-65-79(6,68-62-76(82)86-72-57-53-49-45-41-37-33-29-25-21-17-13-9-3)69-63-77(83)87-73-58-54-50-46-42-38-34-30-26-22-18-14-10-4;1-5-7-9-11-13-15-17-19-21-23-25-27-29-42-52-44(50)32-36-46(3,34-31-35-47(4,38-40-48)39-41-49)37-33-45(51)53-43-30-28-26-24-22-20-18-16-14-12-10-8-6-2/h7-73H2,1-6H3;48-49H,5-43H2,1-4H3/q2*+2. The Bertz CT molecular complexity index is 2360. The summed E-state index contributed by atoms with van der Waals surface area (Å²) in [5, 5.41) is 19.1. The van der Waals surface area contributed by atoms with E-state index in [1.165, 1.54) is 424 Å². The van der Waals surface area contributed by atoms with E-state index >= 15 is 0 Å². The summed E-state index contributed by atoms with van der Waals surface area (Å²) in [7, 11) is 8.51. The summed E-state index contributed by atoms with van der Waals surface area (Å²) in [6.07, 6.45) is 104. The zero-order chi connectivity index (χ0) is 103. The Labute approximate surface area is 869 Å². The number of aliphatic hydroxyl groups excluding tert-OH is 2. The molecule has 0 rings (SSSR count). The molecule has 0 amide bonds. The molecular weight excluding hydrogens is 1750 g/mol. The van der Waals surface area contributed by atoms with Crippen molar-refractivity contribution in [3.8, 4) is 0 Å². The fourth-order valence-corrected chi connectivity index (χ4v) is 19.9.